The third-order valence-corrected chi connectivity index (χ3v) is 9.84. The zero-order valence-corrected chi connectivity index (χ0v) is 22.0. The number of sulfonamides is 2. The maximum atomic E-state index is 13.6. The molecule has 3 aromatic rings. The summed E-state index contributed by atoms with van der Waals surface area (Å²) < 4.78 is 70.3. The standard InChI is InChI=1S/C26H28ClFN2O4S2/c27-22-10-6-20(7-11-22)18-30(19-21-8-12-23(28)13-9-21)36(33,34)26-16-14-25(15-17-26)35(31,32)29-24-4-2-1-3-5-24/h6-17,24,29H,1-5,18-19H2. The van der Waals surface area contributed by atoms with Crippen molar-refractivity contribution in [1.82, 2.24) is 9.03 Å². The van der Waals surface area contributed by atoms with Gasteiger partial charge in [0, 0.05) is 24.2 Å². The summed E-state index contributed by atoms with van der Waals surface area (Å²) in [4.78, 5) is -0.00926. The fourth-order valence-electron chi connectivity index (χ4n) is 4.26. The molecule has 0 aromatic heterocycles. The fourth-order valence-corrected chi connectivity index (χ4v) is 7.11. The molecular formula is C26H28ClFN2O4S2. The van der Waals surface area contributed by atoms with E-state index in [9.17, 15) is 21.2 Å². The first kappa shape index (κ1) is 26.8. The van der Waals surface area contributed by atoms with Crippen LogP contribution in [0.2, 0.25) is 5.02 Å². The van der Waals surface area contributed by atoms with Gasteiger partial charge in [0.15, 0.2) is 0 Å². The van der Waals surface area contributed by atoms with Crippen LogP contribution in [0.1, 0.15) is 43.2 Å². The van der Waals surface area contributed by atoms with E-state index in [2.05, 4.69) is 4.72 Å². The van der Waals surface area contributed by atoms with E-state index < -0.39 is 25.9 Å². The highest BCUT2D eigenvalue weighted by molar-refractivity contribution is 7.89. The highest BCUT2D eigenvalue weighted by Gasteiger charge is 2.27. The van der Waals surface area contributed by atoms with Crippen molar-refractivity contribution in [1.29, 1.82) is 0 Å². The summed E-state index contributed by atoms with van der Waals surface area (Å²) in [5.74, 6) is -0.413. The first-order chi connectivity index (χ1) is 17.1. The van der Waals surface area contributed by atoms with E-state index in [1.165, 1.54) is 52.8 Å². The molecule has 1 saturated carbocycles. The SMILES string of the molecule is O=S(=O)(NC1CCCCC1)c1ccc(S(=O)(=O)N(Cc2ccc(F)cc2)Cc2ccc(Cl)cc2)cc1. The van der Waals surface area contributed by atoms with Crippen molar-refractivity contribution in [2.75, 3.05) is 0 Å². The van der Waals surface area contributed by atoms with Gasteiger partial charge >= 0.3 is 0 Å². The minimum Gasteiger partial charge on any atom is -0.208 e. The lowest BCUT2D eigenvalue weighted by molar-refractivity contribution is 0.401. The molecule has 0 amide bonds. The maximum Gasteiger partial charge on any atom is 0.243 e. The van der Waals surface area contributed by atoms with Gasteiger partial charge in [0.1, 0.15) is 5.82 Å². The van der Waals surface area contributed by atoms with E-state index in [-0.39, 0.29) is 28.9 Å². The van der Waals surface area contributed by atoms with Crippen LogP contribution in [0, 0.1) is 5.82 Å². The minimum atomic E-state index is -4.02. The van der Waals surface area contributed by atoms with E-state index in [1.807, 2.05) is 0 Å². The minimum absolute atomic E-state index is 0.00846. The molecule has 0 unspecified atom stereocenters. The summed E-state index contributed by atoms with van der Waals surface area (Å²) in [6, 6.07) is 17.6. The number of halogens is 2. The summed E-state index contributed by atoms with van der Waals surface area (Å²) in [5, 5.41) is 0.533. The van der Waals surface area contributed by atoms with Crippen molar-refractivity contribution in [3.05, 3.63) is 94.8 Å². The maximum absolute atomic E-state index is 13.6. The second-order valence-electron chi connectivity index (χ2n) is 8.95. The van der Waals surface area contributed by atoms with Crippen molar-refractivity contribution in [3.63, 3.8) is 0 Å². The average molecular weight is 551 g/mol. The van der Waals surface area contributed by atoms with Crippen LogP contribution in [-0.2, 0) is 33.1 Å². The zero-order valence-electron chi connectivity index (χ0n) is 19.6. The van der Waals surface area contributed by atoms with Gasteiger partial charge in [-0.15, -0.1) is 0 Å². The molecule has 0 aliphatic heterocycles. The molecular weight excluding hydrogens is 523 g/mol. The van der Waals surface area contributed by atoms with Gasteiger partial charge < -0.3 is 0 Å². The van der Waals surface area contributed by atoms with Gasteiger partial charge in [0.05, 0.1) is 9.79 Å². The fraction of sp³-hybridized carbons (Fsp3) is 0.308. The molecule has 0 bridgehead atoms. The van der Waals surface area contributed by atoms with Crippen molar-refractivity contribution < 1.29 is 21.2 Å². The molecule has 0 spiro atoms. The summed E-state index contributed by atoms with van der Waals surface area (Å²) in [5.41, 5.74) is 1.34. The number of benzene rings is 3. The Morgan fingerprint density at radius 1 is 0.750 bits per heavy atom. The van der Waals surface area contributed by atoms with E-state index in [1.54, 1.807) is 24.3 Å². The molecule has 192 valence electrons. The van der Waals surface area contributed by atoms with Crippen LogP contribution < -0.4 is 4.72 Å². The molecule has 3 aromatic carbocycles. The molecule has 36 heavy (non-hydrogen) atoms. The molecule has 1 aliphatic rings. The van der Waals surface area contributed by atoms with Gasteiger partial charge in [-0.25, -0.2) is 25.9 Å². The molecule has 10 heteroatoms. The highest BCUT2D eigenvalue weighted by Crippen LogP contribution is 2.25. The molecule has 0 saturated heterocycles. The normalized spacial score (nSPS) is 15.3. The molecule has 0 heterocycles. The predicted molar refractivity (Wildman–Crippen MR) is 138 cm³/mol. The smallest absolute Gasteiger partial charge is 0.208 e. The van der Waals surface area contributed by atoms with E-state index in [0.29, 0.717) is 10.6 Å². The van der Waals surface area contributed by atoms with Gasteiger partial charge in [0.2, 0.25) is 20.0 Å². The topological polar surface area (TPSA) is 83.5 Å². The second-order valence-corrected chi connectivity index (χ2v) is 13.0. The van der Waals surface area contributed by atoms with Crippen molar-refractivity contribution >= 4 is 31.6 Å². The van der Waals surface area contributed by atoms with Crippen LogP contribution >= 0.6 is 11.6 Å². The van der Waals surface area contributed by atoms with Crippen molar-refractivity contribution in [2.24, 2.45) is 0 Å². The van der Waals surface area contributed by atoms with E-state index in [4.69, 9.17) is 11.6 Å². The Kier molecular flexibility index (Phi) is 8.47. The molecule has 0 radical (unpaired) electrons. The molecule has 1 N–H and O–H groups in total. The van der Waals surface area contributed by atoms with E-state index in [0.717, 1.165) is 37.7 Å². The summed E-state index contributed by atoms with van der Waals surface area (Å²) in [7, 11) is -7.77. The van der Waals surface area contributed by atoms with Crippen LogP contribution in [0.25, 0.3) is 0 Å². The summed E-state index contributed by atoms with van der Waals surface area (Å²) in [6.45, 7) is 0.0642. The van der Waals surface area contributed by atoms with Crippen LogP contribution in [0.4, 0.5) is 4.39 Å². The number of nitrogens with one attached hydrogen (secondary N) is 1. The van der Waals surface area contributed by atoms with Gasteiger partial charge in [-0.1, -0.05) is 55.1 Å². The Balaban J connectivity index is 1.59. The van der Waals surface area contributed by atoms with Gasteiger partial charge in [0.25, 0.3) is 0 Å². The Hall–Kier alpha value is -2.30. The van der Waals surface area contributed by atoms with Crippen molar-refractivity contribution in [3.8, 4) is 0 Å². The van der Waals surface area contributed by atoms with Crippen LogP contribution in [0.5, 0.6) is 0 Å². The molecule has 6 nitrogen and oxygen atoms in total. The third-order valence-electron chi connectivity index (χ3n) is 6.24. The highest BCUT2D eigenvalue weighted by atomic mass is 35.5. The summed E-state index contributed by atoms with van der Waals surface area (Å²) in [6.07, 6.45) is 4.68. The van der Waals surface area contributed by atoms with Gasteiger partial charge in [-0.05, 0) is 72.5 Å². The molecule has 0 atom stereocenters. The lowest BCUT2D eigenvalue weighted by Gasteiger charge is -2.24. The Bertz CT molecular complexity index is 1330. The molecule has 1 aliphatic carbocycles. The summed E-state index contributed by atoms with van der Waals surface area (Å²) >= 11 is 5.97. The quantitative estimate of drug-likeness (QED) is 0.382. The Labute approximate surface area is 217 Å². The van der Waals surface area contributed by atoms with Gasteiger partial charge in [-0.3, -0.25) is 0 Å². The van der Waals surface area contributed by atoms with Crippen molar-refractivity contribution in [2.45, 2.75) is 61.0 Å². The first-order valence-electron chi connectivity index (χ1n) is 11.7. The number of rotatable bonds is 9. The lowest BCUT2D eigenvalue weighted by atomic mass is 9.96. The largest absolute Gasteiger partial charge is 0.243 e. The van der Waals surface area contributed by atoms with Gasteiger partial charge in [-0.2, -0.15) is 4.31 Å². The second kappa shape index (κ2) is 11.4. The van der Waals surface area contributed by atoms with E-state index >= 15 is 0 Å². The number of nitrogens with zero attached hydrogens (tertiary/aromatic N) is 1. The Morgan fingerprint density at radius 2 is 1.25 bits per heavy atom. The third kappa shape index (κ3) is 6.72. The van der Waals surface area contributed by atoms with Crippen LogP contribution in [-0.4, -0.2) is 27.2 Å². The first-order valence-corrected chi connectivity index (χ1v) is 15.0. The zero-order chi connectivity index (χ0) is 25.8. The molecule has 4 rings (SSSR count). The molecule has 1 fully saturated rings. The number of hydrogen-bond donors (Lipinski definition) is 1. The lowest BCUT2D eigenvalue weighted by Crippen LogP contribution is -2.36. The Morgan fingerprint density at radius 3 is 1.81 bits per heavy atom. The monoisotopic (exact) mass is 550 g/mol. The number of hydrogen-bond acceptors (Lipinski definition) is 4. The van der Waals surface area contributed by atoms with Crippen LogP contribution in [0.3, 0.4) is 0 Å². The van der Waals surface area contributed by atoms with Crippen LogP contribution in [0.15, 0.2) is 82.6 Å². The predicted octanol–water partition coefficient (Wildman–Crippen LogP) is 5.48. The average Bonchev–Trinajstić information content (AvgIpc) is 2.86.